The lowest BCUT2D eigenvalue weighted by molar-refractivity contribution is -0.166. The van der Waals surface area contributed by atoms with Crippen molar-refractivity contribution in [3.8, 4) is 0 Å². The number of benzene rings is 2. The van der Waals surface area contributed by atoms with E-state index in [0.29, 0.717) is 6.54 Å². The summed E-state index contributed by atoms with van der Waals surface area (Å²) in [5, 5.41) is 1.94. The van der Waals surface area contributed by atoms with Gasteiger partial charge in [0.2, 0.25) is 0 Å². The SMILES string of the molecule is CC1ON(Cc2ccccc2)C(c2ccccc2)C1C=O. The van der Waals surface area contributed by atoms with Gasteiger partial charge in [-0.25, -0.2) is 0 Å². The average molecular weight is 281 g/mol. The second-order valence-electron chi connectivity index (χ2n) is 5.44. The maximum atomic E-state index is 11.5. The monoisotopic (exact) mass is 281 g/mol. The van der Waals surface area contributed by atoms with Crippen LogP contribution in [0.4, 0.5) is 0 Å². The predicted octanol–water partition coefficient (Wildman–Crippen LogP) is 3.38. The summed E-state index contributed by atoms with van der Waals surface area (Å²) in [6, 6.07) is 20.3. The molecule has 0 bridgehead atoms. The first kappa shape index (κ1) is 14.0. The lowest BCUT2D eigenvalue weighted by atomic mass is 9.91. The molecule has 1 fully saturated rings. The van der Waals surface area contributed by atoms with Crippen LogP contribution in [0.25, 0.3) is 0 Å². The zero-order valence-corrected chi connectivity index (χ0v) is 12.1. The van der Waals surface area contributed by atoms with Crippen molar-refractivity contribution in [2.24, 2.45) is 5.92 Å². The molecule has 3 nitrogen and oxygen atoms in total. The van der Waals surface area contributed by atoms with E-state index in [4.69, 9.17) is 4.84 Å². The zero-order chi connectivity index (χ0) is 14.7. The van der Waals surface area contributed by atoms with Crippen molar-refractivity contribution >= 4 is 6.29 Å². The van der Waals surface area contributed by atoms with Gasteiger partial charge in [-0.15, -0.1) is 0 Å². The van der Waals surface area contributed by atoms with Crippen molar-refractivity contribution in [3.63, 3.8) is 0 Å². The van der Waals surface area contributed by atoms with E-state index in [1.54, 1.807) is 0 Å². The van der Waals surface area contributed by atoms with Crippen molar-refractivity contribution in [2.45, 2.75) is 25.6 Å². The highest BCUT2D eigenvalue weighted by atomic mass is 16.7. The molecule has 0 aliphatic carbocycles. The minimum atomic E-state index is -0.142. The number of rotatable bonds is 4. The number of carbonyl (C=O) groups is 1. The van der Waals surface area contributed by atoms with E-state index in [-0.39, 0.29) is 18.1 Å². The average Bonchev–Trinajstić information content (AvgIpc) is 2.84. The van der Waals surface area contributed by atoms with Gasteiger partial charge in [0.05, 0.1) is 18.1 Å². The Balaban J connectivity index is 1.89. The molecule has 3 heteroatoms. The molecule has 0 amide bonds. The van der Waals surface area contributed by atoms with E-state index in [0.717, 1.165) is 11.8 Å². The molecule has 21 heavy (non-hydrogen) atoms. The number of nitrogens with zero attached hydrogens (tertiary/aromatic N) is 1. The van der Waals surface area contributed by atoms with E-state index < -0.39 is 0 Å². The van der Waals surface area contributed by atoms with E-state index in [1.165, 1.54) is 5.56 Å². The minimum absolute atomic E-state index is 0.0288. The molecule has 2 aromatic rings. The van der Waals surface area contributed by atoms with Gasteiger partial charge in [-0.05, 0) is 18.1 Å². The highest BCUT2D eigenvalue weighted by molar-refractivity contribution is 5.57. The Morgan fingerprint density at radius 3 is 2.29 bits per heavy atom. The number of aldehydes is 1. The van der Waals surface area contributed by atoms with Gasteiger partial charge in [0, 0.05) is 6.54 Å². The zero-order valence-electron chi connectivity index (χ0n) is 12.1. The Hall–Kier alpha value is -1.97. The summed E-state index contributed by atoms with van der Waals surface area (Å²) in [4.78, 5) is 17.4. The van der Waals surface area contributed by atoms with Crippen LogP contribution in [-0.4, -0.2) is 17.5 Å². The molecule has 3 rings (SSSR count). The Bertz CT molecular complexity index is 585. The summed E-state index contributed by atoms with van der Waals surface area (Å²) in [6.45, 7) is 2.63. The standard InChI is InChI=1S/C18H19NO2/c1-14-17(13-20)18(16-10-6-3-7-11-16)19(21-14)12-15-8-4-2-5-9-15/h2-11,13-14,17-18H,12H2,1H3. The van der Waals surface area contributed by atoms with Gasteiger partial charge < -0.3 is 4.79 Å². The fourth-order valence-corrected chi connectivity index (χ4v) is 2.92. The third-order valence-corrected chi connectivity index (χ3v) is 4.00. The summed E-state index contributed by atoms with van der Waals surface area (Å²) < 4.78 is 0. The summed E-state index contributed by atoms with van der Waals surface area (Å²) in [5.41, 5.74) is 2.30. The molecule has 3 unspecified atom stereocenters. The molecule has 0 spiro atoms. The van der Waals surface area contributed by atoms with E-state index in [1.807, 2.05) is 48.4 Å². The summed E-state index contributed by atoms with van der Waals surface area (Å²) in [5.74, 6) is -0.142. The summed E-state index contributed by atoms with van der Waals surface area (Å²) in [7, 11) is 0. The maximum Gasteiger partial charge on any atom is 0.127 e. The minimum Gasteiger partial charge on any atom is -0.303 e. The molecule has 3 atom stereocenters. The first-order chi connectivity index (χ1) is 10.3. The molecule has 0 aromatic heterocycles. The van der Waals surface area contributed by atoms with Crippen LogP contribution in [0, 0.1) is 5.92 Å². The number of hydrogen-bond acceptors (Lipinski definition) is 3. The van der Waals surface area contributed by atoms with Gasteiger partial charge in [0.15, 0.2) is 0 Å². The second kappa shape index (κ2) is 6.20. The second-order valence-corrected chi connectivity index (χ2v) is 5.44. The van der Waals surface area contributed by atoms with Crippen LogP contribution in [0.2, 0.25) is 0 Å². The molecular formula is C18H19NO2. The number of carbonyl (C=O) groups excluding carboxylic acids is 1. The predicted molar refractivity (Wildman–Crippen MR) is 81.3 cm³/mol. The lowest BCUT2D eigenvalue weighted by Gasteiger charge is -2.24. The summed E-state index contributed by atoms with van der Waals surface area (Å²) in [6.07, 6.45) is 0.921. The Labute approximate surface area is 125 Å². The Morgan fingerprint density at radius 2 is 1.67 bits per heavy atom. The molecule has 1 aliphatic heterocycles. The van der Waals surface area contributed by atoms with Crippen LogP contribution in [-0.2, 0) is 16.2 Å². The normalized spacial score (nSPS) is 25.9. The summed E-state index contributed by atoms with van der Waals surface area (Å²) >= 11 is 0. The third kappa shape index (κ3) is 2.89. The largest absolute Gasteiger partial charge is 0.303 e. The van der Waals surface area contributed by atoms with Crippen molar-refractivity contribution < 1.29 is 9.63 Å². The molecule has 108 valence electrons. The van der Waals surface area contributed by atoms with Crippen LogP contribution in [0.5, 0.6) is 0 Å². The van der Waals surface area contributed by atoms with Gasteiger partial charge in [0.1, 0.15) is 6.29 Å². The molecular weight excluding hydrogens is 262 g/mol. The molecule has 0 N–H and O–H groups in total. The fourth-order valence-electron chi connectivity index (χ4n) is 2.92. The molecule has 1 heterocycles. The highest BCUT2D eigenvalue weighted by Crippen LogP contribution is 2.38. The van der Waals surface area contributed by atoms with Crippen molar-refractivity contribution in [2.75, 3.05) is 0 Å². The molecule has 2 aromatic carbocycles. The lowest BCUT2D eigenvalue weighted by Crippen LogP contribution is -2.24. The van der Waals surface area contributed by atoms with Crippen LogP contribution in [0.3, 0.4) is 0 Å². The fraction of sp³-hybridized carbons (Fsp3) is 0.278. The maximum absolute atomic E-state index is 11.5. The van der Waals surface area contributed by atoms with Crippen LogP contribution >= 0.6 is 0 Å². The van der Waals surface area contributed by atoms with Gasteiger partial charge in [0.25, 0.3) is 0 Å². The molecule has 0 radical (unpaired) electrons. The van der Waals surface area contributed by atoms with Crippen molar-refractivity contribution in [1.29, 1.82) is 0 Å². The Kier molecular flexibility index (Phi) is 4.13. The quantitative estimate of drug-likeness (QED) is 0.805. The first-order valence-corrected chi connectivity index (χ1v) is 7.27. The topological polar surface area (TPSA) is 29.5 Å². The first-order valence-electron chi connectivity index (χ1n) is 7.27. The highest BCUT2D eigenvalue weighted by Gasteiger charge is 2.41. The molecule has 1 aliphatic rings. The van der Waals surface area contributed by atoms with Gasteiger partial charge in [-0.1, -0.05) is 60.7 Å². The van der Waals surface area contributed by atoms with Gasteiger partial charge in [-0.3, -0.25) is 4.84 Å². The number of hydrogen-bond donors (Lipinski definition) is 0. The van der Waals surface area contributed by atoms with E-state index >= 15 is 0 Å². The smallest absolute Gasteiger partial charge is 0.127 e. The van der Waals surface area contributed by atoms with Crippen molar-refractivity contribution in [1.82, 2.24) is 5.06 Å². The van der Waals surface area contributed by atoms with Crippen LogP contribution < -0.4 is 0 Å². The van der Waals surface area contributed by atoms with E-state index in [2.05, 4.69) is 24.3 Å². The van der Waals surface area contributed by atoms with Gasteiger partial charge in [-0.2, -0.15) is 5.06 Å². The van der Waals surface area contributed by atoms with Crippen LogP contribution in [0.1, 0.15) is 24.1 Å². The van der Waals surface area contributed by atoms with Crippen LogP contribution in [0.15, 0.2) is 60.7 Å². The molecule has 1 saturated heterocycles. The Morgan fingerprint density at radius 1 is 1.05 bits per heavy atom. The number of hydroxylamine groups is 2. The van der Waals surface area contributed by atoms with Crippen molar-refractivity contribution in [3.05, 3.63) is 71.8 Å². The van der Waals surface area contributed by atoms with Gasteiger partial charge >= 0.3 is 0 Å². The third-order valence-electron chi connectivity index (χ3n) is 4.00. The molecule has 0 saturated carbocycles. The van der Waals surface area contributed by atoms with E-state index in [9.17, 15) is 4.79 Å².